The number of aryl methyl sites for hydroxylation is 1. The number of carboxylic acid groups (broad SMARTS) is 1. The Bertz CT molecular complexity index is 785. The number of ether oxygens (including phenoxy) is 1. The van der Waals surface area contributed by atoms with Gasteiger partial charge in [0.05, 0.1) is 18.8 Å². The minimum Gasteiger partial charge on any atom is -0.669 e. The number of carbonyl (C=O) groups excluding carboxylic acids is 1. The van der Waals surface area contributed by atoms with E-state index in [1.165, 1.54) is 12.8 Å². The fourth-order valence-corrected chi connectivity index (χ4v) is 4.32. The molecule has 1 aliphatic carbocycles. The highest BCUT2D eigenvalue weighted by atomic mass is 16.6. The van der Waals surface area contributed by atoms with Gasteiger partial charge >= 0.3 is 12.7 Å². The largest absolute Gasteiger partial charge is 0.669 e. The van der Waals surface area contributed by atoms with E-state index in [0.717, 1.165) is 12.8 Å². The summed E-state index contributed by atoms with van der Waals surface area (Å²) in [6.45, 7) is -2.21. The van der Waals surface area contributed by atoms with E-state index >= 15 is 0 Å². The van der Waals surface area contributed by atoms with Crippen molar-refractivity contribution in [2.24, 2.45) is 5.92 Å². The number of aromatic carboxylic acids is 1. The molecule has 0 spiro atoms. The Morgan fingerprint density at radius 1 is 1.21 bits per heavy atom. The maximum Gasteiger partial charge on any atom is 0.430 e. The molecule has 1 aromatic rings. The minimum atomic E-state index is -3.07. The van der Waals surface area contributed by atoms with Crippen molar-refractivity contribution >= 4 is 18.6 Å². The Balaban J connectivity index is 1.42. The molecule has 3 N–H and O–H groups in total. The van der Waals surface area contributed by atoms with E-state index in [1.807, 2.05) is 0 Å². The minimum absolute atomic E-state index is 0.0208. The normalized spacial score (nSPS) is 21.6. The van der Waals surface area contributed by atoms with Crippen LogP contribution in [0.2, 0.25) is 6.32 Å². The van der Waals surface area contributed by atoms with Gasteiger partial charge in [-0.3, -0.25) is 4.79 Å². The molecule has 8 nitrogen and oxygen atoms in total. The van der Waals surface area contributed by atoms with Crippen LogP contribution in [0.5, 0.6) is 11.5 Å². The van der Waals surface area contributed by atoms with E-state index in [-0.39, 0.29) is 35.4 Å². The predicted molar refractivity (Wildman–Crippen MR) is 100 cm³/mol. The molecule has 4 rings (SSSR count). The first-order valence-corrected chi connectivity index (χ1v) is 9.95. The highest BCUT2D eigenvalue weighted by molar-refractivity contribution is 6.59. The third-order valence-electron chi connectivity index (χ3n) is 5.94. The van der Waals surface area contributed by atoms with Crippen LogP contribution in [0.15, 0.2) is 12.1 Å². The van der Waals surface area contributed by atoms with Gasteiger partial charge in [-0.1, -0.05) is 25.2 Å². The monoisotopic (exact) mass is 390 g/mol. The summed E-state index contributed by atoms with van der Waals surface area (Å²) < 4.78 is 11.0. The highest BCUT2D eigenvalue weighted by Crippen LogP contribution is 2.39. The van der Waals surface area contributed by atoms with Crippen molar-refractivity contribution in [1.29, 1.82) is 0 Å². The number of carbonyl (C=O) groups is 2. The molecule has 9 heteroatoms. The Morgan fingerprint density at radius 2 is 1.93 bits per heavy atom. The molecule has 3 aliphatic rings. The Hall–Kier alpha value is -2.26. The van der Waals surface area contributed by atoms with Gasteiger partial charge < -0.3 is 29.4 Å². The molecule has 0 unspecified atom stereocenters. The van der Waals surface area contributed by atoms with Gasteiger partial charge in [0.2, 0.25) is 5.91 Å². The highest BCUT2D eigenvalue weighted by Gasteiger charge is 2.36. The summed E-state index contributed by atoms with van der Waals surface area (Å²) >= 11 is 0. The number of carboxylic acids is 1. The number of amides is 1. The van der Waals surface area contributed by atoms with E-state index in [2.05, 4.69) is 0 Å². The van der Waals surface area contributed by atoms with Crippen molar-refractivity contribution in [3.63, 3.8) is 0 Å². The fourth-order valence-electron chi connectivity index (χ4n) is 4.32. The van der Waals surface area contributed by atoms with E-state index in [0.29, 0.717) is 37.4 Å². The molecule has 0 atom stereocenters. The molecule has 0 bridgehead atoms. The molecule has 1 saturated carbocycles. The molecule has 2 heterocycles. The summed E-state index contributed by atoms with van der Waals surface area (Å²) in [6, 6.07) is 3.26. The molecule has 0 radical (unpaired) electrons. The zero-order valence-corrected chi connectivity index (χ0v) is 15.7. The number of nitrogens with zero attached hydrogens (tertiary/aromatic N) is 1. The first kappa shape index (κ1) is 19.1. The molecular weight excluding hydrogens is 365 g/mol. The van der Waals surface area contributed by atoms with E-state index in [1.54, 1.807) is 17.0 Å². The lowest BCUT2D eigenvalue weighted by Gasteiger charge is -2.40. The van der Waals surface area contributed by atoms with Crippen molar-refractivity contribution in [3.8, 4) is 11.5 Å². The predicted octanol–water partition coefficient (Wildman–Crippen LogP) is 1.41. The third-order valence-corrected chi connectivity index (χ3v) is 5.94. The van der Waals surface area contributed by atoms with Crippen LogP contribution in [0.1, 0.15) is 48.0 Å². The lowest BCUT2D eigenvalue weighted by Crippen LogP contribution is -2.56. The SMILES string of the molecule is O=C(O)c1c(OC2CN(C(=O)CC3CCCC3)C2)ccc2c1O[B-](O)(O)CC2. The van der Waals surface area contributed by atoms with Gasteiger partial charge in [0, 0.05) is 6.42 Å². The molecule has 0 aromatic heterocycles. The van der Waals surface area contributed by atoms with E-state index in [4.69, 9.17) is 9.39 Å². The first-order valence-electron chi connectivity index (χ1n) is 9.95. The third kappa shape index (κ3) is 3.81. The number of fused-ring (bicyclic) bond motifs is 1. The van der Waals surface area contributed by atoms with Gasteiger partial charge in [-0.15, -0.1) is 0 Å². The summed E-state index contributed by atoms with van der Waals surface area (Å²) in [4.78, 5) is 25.8. The molecule has 2 aliphatic heterocycles. The fraction of sp³-hybridized carbons (Fsp3) is 0.579. The van der Waals surface area contributed by atoms with Crippen molar-refractivity contribution in [2.75, 3.05) is 13.1 Å². The Kier molecular flexibility index (Phi) is 4.97. The van der Waals surface area contributed by atoms with Crippen molar-refractivity contribution < 1.29 is 34.1 Å². The molecule has 1 aromatic carbocycles. The Labute approximate surface area is 163 Å². The molecule has 2 fully saturated rings. The second kappa shape index (κ2) is 7.29. The van der Waals surface area contributed by atoms with Crippen LogP contribution < -0.4 is 9.39 Å². The topological polar surface area (TPSA) is 117 Å². The number of benzene rings is 1. The number of hydrogen-bond donors (Lipinski definition) is 3. The average Bonchev–Trinajstić information content (AvgIpc) is 3.08. The van der Waals surface area contributed by atoms with Crippen LogP contribution in [0, 0.1) is 5.92 Å². The maximum atomic E-state index is 12.3. The number of hydrogen-bond acceptors (Lipinski definition) is 6. The van der Waals surface area contributed by atoms with E-state index in [9.17, 15) is 24.7 Å². The number of likely N-dealkylation sites (tertiary alicyclic amines) is 1. The van der Waals surface area contributed by atoms with Crippen molar-refractivity contribution in [1.82, 2.24) is 4.90 Å². The maximum absolute atomic E-state index is 12.3. The lowest BCUT2D eigenvalue weighted by atomic mass is 9.70. The van der Waals surface area contributed by atoms with E-state index < -0.39 is 12.7 Å². The molecule has 1 saturated heterocycles. The van der Waals surface area contributed by atoms with Gasteiger partial charge in [0.1, 0.15) is 17.4 Å². The lowest BCUT2D eigenvalue weighted by molar-refractivity contribution is -0.141. The van der Waals surface area contributed by atoms with Crippen LogP contribution in [0.25, 0.3) is 0 Å². The zero-order valence-electron chi connectivity index (χ0n) is 15.7. The molecule has 28 heavy (non-hydrogen) atoms. The summed E-state index contributed by atoms with van der Waals surface area (Å²) in [6.07, 6.45) is 5.27. The Morgan fingerprint density at radius 3 is 2.61 bits per heavy atom. The van der Waals surface area contributed by atoms with Gasteiger partial charge in [-0.05, 0) is 36.8 Å². The number of rotatable bonds is 5. The van der Waals surface area contributed by atoms with Gasteiger partial charge in [-0.25, -0.2) is 4.79 Å². The smallest absolute Gasteiger partial charge is 0.430 e. The summed E-state index contributed by atoms with van der Waals surface area (Å²) in [5.41, 5.74) is 0.398. The zero-order chi connectivity index (χ0) is 19.9. The quantitative estimate of drug-likeness (QED) is 0.651. The van der Waals surface area contributed by atoms with Crippen molar-refractivity contribution in [3.05, 3.63) is 23.3 Å². The van der Waals surface area contributed by atoms with Crippen LogP contribution >= 0.6 is 0 Å². The average molecular weight is 390 g/mol. The van der Waals surface area contributed by atoms with Crippen molar-refractivity contribution in [2.45, 2.75) is 50.9 Å². The van der Waals surface area contributed by atoms with Gasteiger partial charge in [0.25, 0.3) is 0 Å². The van der Waals surface area contributed by atoms with Crippen LogP contribution in [0.3, 0.4) is 0 Å². The van der Waals surface area contributed by atoms with Crippen LogP contribution in [0.4, 0.5) is 0 Å². The summed E-state index contributed by atoms with van der Waals surface area (Å²) in [5.74, 6) is -0.564. The van der Waals surface area contributed by atoms with Crippen LogP contribution in [-0.2, 0) is 11.2 Å². The summed E-state index contributed by atoms with van der Waals surface area (Å²) in [7, 11) is 0. The van der Waals surface area contributed by atoms with Gasteiger partial charge in [-0.2, -0.15) is 0 Å². The standard InChI is InChI=1S/C19H25BNO7/c22-16(9-12-3-1-2-4-12)21-10-14(11-21)27-15-6-5-13-7-8-20(25,26)28-18(13)17(15)19(23)24/h5-6,12,14,25-26H,1-4,7-11H2,(H,23,24)/q-1. The van der Waals surface area contributed by atoms with Gasteiger partial charge in [0.15, 0.2) is 0 Å². The first-order chi connectivity index (χ1) is 13.3. The second-order valence-electron chi connectivity index (χ2n) is 8.14. The molecular formula is C19H25BNO7-. The van der Waals surface area contributed by atoms with Crippen LogP contribution in [-0.4, -0.2) is 57.9 Å². The second-order valence-corrected chi connectivity index (χ2v) is 8.14. The molecule has 152 valence electrons. The summed E-state index contributed by atoms with van der Waals surface area (Å²) in [5, 5.41) is 29.2. The molecule has 1 amide bonds.